The van der Waals surface area contributed by atoms with E-state index >= 15 is 0 Å². The third-order valence-electron chi connectivity index (χ3n) is 3.92. The molecule has 1 saturated heterocycles. The van der Waals surface area contributed by atoms with Crippen LogP contribution in [0.5, 0.6) is 0 Å². The van der Waals surface area contributed by atoms with Crippen LogP contribution in [-0.4, -0.2) is 46.4 Å². The van der Waals surface area contributed by atoms with Crippen molar-refractivity contribution in [3.05, 3.63) is 57.0 Å². The molecular formula is C17H18ClN3O3. The van der Waals surface area contributed by atoms with Crippen molar-refractivity contribution in [1.82, 2.24) is 14.7 Å². The molecule has 0 bridgehead atoms. The standard InChI is InChI=1S/C17H18ClN3O3/c1-11-9-15(22)16(17(23)20-7-8-24-12(2)10-20)19-21(11)14-6-4-3-5-13(14)18/h3-6,9,12H,7-8,10H2,1-2H3. The third kappa shape index (κ3) is 3.20. The number of aromatic nitrogens is 2. The number of rotatable bonds is 2. The summed E-state index contributed by atoms with van der Waals surface area (Å²) in [5.74, 6) is -0.379. The number of nitrogens with zero attached hydrogens (tertiary/aromatic N) is 3. The number of para-hydroxylation sites is 1. The van der Waals surface area contributed by atoms with Crippen molar-refractivity contribution in [1.29, 1.82) is 0 Å². The Hall–Kier alpha value is -2.18. The second-order valence-electron chi connectivity index (χ2n) is 5.79. The summed E-state index contributed by atoms with van der Waals surface area (Å²) in [6.45, 7) is 4.99. The van der Waals surface area contributed by atoms with Crippen LogP contribution in [0.15, 0.2) is 35.1 Å². The van der Waals surface area contributed by atoms with E-state index in [1.165, 1.54) is 10.7 Å². The van der Waals surface area contributed by atoms with Crippen LogP contribution in [0, 0.1) is 6.92 Å². The molecule has 2 heterocycles. The second kappa shape index (κ2) is 6.75. The highest BCUT2D eigenvalue weighted by atomic mass is 35.5. The summed E-state index contributed by atoms with van der Waals surface area (Å²) in [6, 6.07) is 8.57. The molecule has 0 spiro atoms. The normalized spacial score (nSPS) is 17.8. The summed E-state index contributed by atoms with van der Waals surface area (Å²) >= 11 is 6.22. The van der Waals surface area contributed by atoms with Crippen molar-refractivity contribution in [2.24, 2.45) is 0 Å². The lowest BCUT2D eigenvalue weighted by Crippen LogP contribution is -2.46. The number of hydrogen-bond donors (Lipinski definition) is 0. The van der Waals surface area contributed by atoms with Crippen LogP contribution in [0.25, 0.3) is 5.69 Å². The largest absolute Gasteiger partial charge is 0.375 e. The van der Waals surface area contributed by atoms with Gasteiger partial charge in [0.25, 0.3) is 5.91 Å². The summed E-state index contributed by atoms with van der Waals surface area (Å²) in [7, 11) is 0. The fourth-order valence-corrected chi connectivity index (χ4v) is 2.93. The van der Waals surface area contributed by atoms with Gasteiger partial charge in [-0.25, -0.2) is 4.68 Å². The summed E-state index contributed by atoms with van der Waals surface area (Å²) in [5, 5.41) is 4.79. The Morgan fingerprint density at radius 2 is 2.12 bits per heavy atom. The highest BCUT2D eigenvalue weighted by molar-refractivity contribution is 6.32. The fraction of sp³-hybridized carbons (Fsp3) is 0.353. The molecule has 24 heavy (non-hydrogen) atoms. The van der Waals surface area contributed by atoms with Crippen molar-refractivity contribution >= 4 is 17.5 Å². The highest BCUT2D eigenvalue weighted by Gasteiger charge is 2.26. The van der Waals surface area contributed by atoms with Gasteiger partial charge in [-0.05, 0) is 26.0 Å². The van der Waals surface area contributed by atoms with E-state index in [0.29, 0.717) is 36.1 Å². The van der Waals surface area contributed by atoms with Crippen LogP contribution < -0.4 is 5.43 Å². The maximum absolute atomic E-state index is 12.7. The monoisotopic (exact) mass is 347 g/mol. The van der Waals surface area contributed by atoms with Crippen LogP contribution in [0.2, 0.25) is 5.02 Å². The quantitative estimate of drug-likeness (QED) is 0.834. The van der Waals surface area contributed by atoms with Crippen LogP contribution in [0.4, 0.5) is 0 Å². The minimum Gasteiger partial charge on any atom is -0.375 e. The van der Waals surface area contributed by atoms with E-state index in [0.717, 1.165) is 0 Å². The zero-order valence-corrected chi connectivity index (χ0v) is 14.3. The molecule has 0 aliphatic carbocycles. The first kappa shape index (κ1) is 16.7. The van der Waals surface area contributed by atoms with Gasteiger partial charge >= 0.3 is 0 Å². The Morgan fingerprint density at radius 1 is 1.38 bits per heavy atom. The molecule has 3 rings (SSSR count). The van der Waals surface area contributed by atoms with Gasteiger partial charge in [0.1, 0.15) is 0 Å². The van der Waals surface area contributed by atoms with Gasteiger partial charge in [-0.3, -0.25) is 9.59 Å². The molecule has 1 aromatic carbocycles. The molecule has 0 N–H and O–H groups in total. The van der Waals surface area contributed by atoms with E-state index in [2.05, 4.69) is 5.10 Å². The molecule has 1 atom stereocenters. The molecule has 1 unspecified atom stereocenters. The van der Waals surface area contributed by atoms with Gasteiger partial charge < -0.3 is 9.64 Å². The molecule has 6 nitrogen and oxygen atoms in total. The van der Waals surface area contributed by atoms with Gasteiger partial charge in [-0.15, -0.1) is 0 Å². The van der Waals surface area contributed by atoms with Crippen LogP contribution in [0.1, 0.15) is 23.1 Å². The van der Waals surface area contributed by atoms with Crippen molar-refractivity contribution in [2.45, 2.75) is 20.0 Å². The Balaban J connectivity index is 2.03. The predicted octanol–water partition coefficient (Wildman–Crippen LogP) is 2.06. The first-order valence-electron chi connectivity index (χ1n) is 7.74. The van der Waals surface area contributed by atoms with E-state index in [9.17, 15) is 9.59 Å². The molecule has 2 aromatic rings. The number of hydrogen-bond acceptors (Lipinski definition) is 4. The minimum atomic E-state index is -0.389. The Morgan fingerprint density at radius 3 is 2.83 bits per heavy atom. The Bertz CT molecular complexity index is 834. The van der Waals surface area contributed by atoms with Crippen molar-refractivity contribution in [3.63, 3.8) is 0 Å². The minimum absolute atomic E-state index is 0.0565. The zero-order chi connectivity index (χ0) is 17.3. The van der Waals surface area contributed by atoms with Crippen LogP contribution in [-0.2, 0) is 4.74 Å². The molecule has 0 saturated carbocycles. The molecule has 1 aromatic heterocycles. The molecule has 1 aliphatic rings. The molecular weight excluding hydrogens is 330 g/mol. The third-order valence-corrected chi connectivity index (χ3v) is 4.24. The van der Waals surface area contributed by atoms with Gasteiger partial charge in [0.05, 0.1) is 23.4 Å². The number of carbonyl (C=O) groups excluding carboxylic acids is 1. The smallest absolute Gasteiger partial charge is 0.278 e. The lowest BCUT2D eigenvalue weighted by molar-refractivity contribution is -0.0127. The van der Waals surface area contributed by atoms with Gasteiger partial charge in [0, 0.05) is 24.8 Å². The SMILES string of the molecule is Cc1cc(=O)c(C(=O)N2CCOC(C)C2)nn1-c1ccccc1Cl. The van der Waals surface area contributed by atoms with E-state index in [-0.39, 0.29) is 23.1 Å². The number of aryl methyl sites for hydroxylation is 1. The average Bonchev–Trinajstić information content (AvgIpc) is 2.55. The molecule has 1 aliphatic heterocycles. The Kier molecular flexibility index (Phi) is 4.69. The van der Waals surface area contributed by atoms with Crippen molar-refractivity contribution in [2.75, 3.05) is 19.7 Å². The molecule has 7 heteroatoms. The predicted molar refractivity (Wildman–Crippen MR) is 90.9 cm³/mol. The first-order chi connectivity index (χ1) is 11.5. The summed E-state index contributed by atoms with van der Waals surface area (Å²) in [5.41, 5.74) is 0.746. The molecule has 1 fully saturated rings. The van der Waals surface area contributed by atoms with Gasteiger partial charge in [-0.2, -0.15) is 5.10 Å². The number of amides is 1. The molecule has 126 valence electrons. The van der Waals surface area contributed by atoms with E-state index in [1.54, 1.807) is 24.0 Å². The van der Waals surface area contributed by atoms with E-state index in [4.69, 9.17) is 16.3 Å². The van der Waals surface area contributed by atoms with Gasteiger partial charge in [-0.1, -0.05) is 23.7 Å². The maximum Gasteiger partial charge on any atom is 0.278 e. The maximum atomic E-state index is 12.7. The van der Waals surface area contributed by atoms with E-state index in [1.807, 2.05) is 19.1 Å². The van der Waals surface area contributed by atoms with Crippen LogP contribution in [0.3, 0.4) is 0 Å². The summed E-state index contributed by atoms with van der Waals surface area (Å²) in [4.78, 5) is 26.6. The molecule has 1 amide bonds. The average molecular weight is 348 g/mol. The van der Waals surface area contributed by atoms with Crippen molar-refractivity contribution in [3.8, 4) is 5.69 Å². The highest BCUT2D eigenvalue weighted by Crippen LogP contribution is 2.20. The summed E-state index contributed by atoms with van der Waals surface area (Å²) < 4.78 is 6.97. The van der Waals surface area contributed by atoms with E-state index < -0.39 is 0 Å². The number of ether oxygens (including phenoxy) is 1. The summed E-state index contributed by atoms with van der Waals surface area (Å²) in [6.07, 6.45) is -0.0565. The number of morpholine rings is 1. The number of halogens is 1. The lowest BCUT2D eigenvalue weighted by atomic mass is 10.2. The molecule has 0 radical (unpaired) electrons. The topological polar surface area (TPSA) is 64.4 Å². The van der Waals surface area contributed by atoms with Crippen molar-refractivity contribution < 1.29 is 9.53 Å². The number of benzene rings is 1. The second-order valence-corrected chi connectivity index (χ2v) is 6.20. The zero-order valence-electron chi connectivity index (χ0n) is 13.5. The number of carbonyl (C=O) groups is 1. The van der Waals surface area contributed by atoms with Crippen LogP contribution >= 0.6 is 11.6 Å². The first-order valence-corrected chi connectivity index (χ1v) is 8.12. The Labute approximate surface area is 144 Å². The fourth-order valence-electron chi connectivity index (χ4n) is 2.72. The van der Waals surface area contributed by atoms with Gasteiger partial charge in [0.15, 0.2) is 5.69 Å². The lowest BCUT2D eigenvalue weighted by Gasteiger charge is -2.30. The van der Waals surface area contributed by atoms with Gasteiger partial charge in [0.2, 0.25) is 5.43 Å².